The Morgan fingerprint density at radius 3 is 2.46 bits per heavy atom. The molecule has 0 bridgehead atoms. The highest BCUT2D eigenvalue weighted by molar-refractivity contribution is 6.30. The molecule has 0 aliphatic carbocycles. The van der Waals surface area contributed by atoms with Gasteiger partial charge in [-0.15, -0.1) is 0 Å². The lowest BCUT2D eigenvalue weighted by atomic mass is 10.0. The highest BCUT2D eigenvalue weighted by Gasteiger charge is 2.11. The number of anilines is 1. The standard InChI is InChI=1S/C17H14ClFN4O/c1-24-16-13(12-2-3-14(18)15(19)6-12)5-10(7-21-16)4-11-8-22-17(20)23-9-11/h2-3,5-9H,4H2,1H3,(H2,20,22,23). The molecule has 24 heavy (non-hydrogen) atoms. The van der Waals surface area contributed by atoms with Crippen molar-refractivity contribution in [2.24, 2.45) is 0 Å². The maximum absolute atomic E-state index is 13.8. The summed E-state index contributed by atoms with van der Waals surface area (Å²) >= 11 is 5.75. The van der Waals surface area contributed by atoms with Gasteiger partial charge in [-0.2, -0.15) is 0 Å². The van der Waals surface area contributed by atoms with Crippen LogP contribution in [0.1, 0.15) is 11.1 Å². The largest absolute Gasteiger partial charge is 0.481 e. The van der Waals surface area contributed by atoms with E-state index in [1.165, 1.54) is 19.2 Å². The number of halogens is 2. The zero-order valence-electron chi connectivity index (χ0n) is 12.8. The summed E-state index contributed by atoms with van der Waals surface area (Å²) in [7, 11) is 1.52. The first-order valence-corrected chi connectivity index (χ1v) is 7.49. The first-order valence-electron chi connectivity index (χ1n) is 7.11. The van der Waals surface area contributed by atoms with Gasteiger partial charge in [-0.05, 0) is 34.9 Å². The second kappa shape index (κ2) is 6.80. The Morgan fingerprint density at radius 1 is 1.08 bits per heavy atom. The van der Waals surface area contributed by atoms with E-state index in [4.69, 9.17) is 22.1 Å². The number of nitrogens with two attached hydrogens (primary N) is 1. The zero-order chi connectivity index (χ0) is 17.1. The lowest BCUT2D eigenvalue weighted by Crippen LogP contribution is -1.99. The topological polar surface area (TPSA) is 73.9 Å². The maximum atomic E-state index is 13.8. The molecule has 3 aromatic rings. The Hall–Kier alpha value is -2.73. The van der Waals surface area contributed by atoms with Crippen LogP contribution in [-0.4, -0.2) is 22.1 Å². The summed E-state index contributed by atoms with van der Waals surface area (Å²) in [5.41, 5.74) is 8.61. The van der Waals surface area contributed by atoms with Crippen LogP contribution < -0.4 is 10.5 Å². The molecule has 0 spiro atoms. The van der Waals surface area contributed by atoms with Gasteiger partial charge >= 0.3 is 0 Å². The van der Waals surface area contributed by atoms with E-state index in [1.807, 2.05) is 6.07 Å². The maximum Gasteiger partial charge on any atom is 0.221 e. The van der Waals surface area contributed by atoms with Gasteiger partial charge in [0.15, 0.2) is 0 Å². The van der Waals surface area contributed by atoms with Gasteiger partial charge in [0.1, 0.15) is 5.82 Å². The van der Waals surface area contributed by atoms with Crippen molar-refractivity contribution in [3.05, 3.63) is 64.8 Å². The average Bonchev–Trinajstić information content (AvgIpc) is 2.59. The van der Waals surface area contributed by atoms with Gasteiger partial charge in [-0.3, -0.25) is 0 Å². The molecule has 0 atom stereocenters. The third-order valence-corrected chi connectivity index (χ3v) is 3.77. The molecule has 0 unspecified atom stereocenters. The van der Waals surface area contributed by atoms with Crippen molar-refractivity contribution in [3.8, 4) is 17.0 Å². The predicted molar refractivity (Wildman–Crippen MR) is 90.4 cm³/mol. The van der Waals surface area contributed by atoms with Crippen LogP contribution in [0.3, 0.4) is 0 Å². The summed E-state index contributed by atoms with van der Waals surface area (Å²) in [6.07, 6.45) is 5.59. The van der Waals surface area contributed by atoms with Crippen molar-refractivity contribution in [1.29, 1.82) is 0 Å². The molecule has 7 heteroatoms. The second-order valence-electron chi connectivity index (χ2n) is 5.16. The van der Waals surface area contributed by atoms with Gasteiger partial charge in [0.05, 0.1) is 12.1 Å². The lowest BCUT2D eigenvalue weighted by Gasteiger charge is -2.10. The first kappa shape index (κ1) is 16.1. The van der Waals surface area contributed by atoms with Crippen LogP contribution in [0.2, 0.25) is 5.02 Å². The summed E-state index contributed by atoms with van der Waals surface area (Å²) < 4.78 is 19.0. The highest BCUT2D eigenvalue weighted by Crippen LogP contribution is 2.31. The Bertz CT molecular complexity index is 871. The third-order valence-electron chi connectivity index (χ3n) is 3.47. The van der Waals surface area contributed by atoms with Gasteiger partial charge < -0.3 is 10.5 Å². The summed E-state index contributed by atoms with van der Waals surface area (Å²) in [5.74, 6) is 0.145. The number of pyridine rings is 1. The number of nitrogens with zero attached hydrogens (tertiary/aromatic N) is 3. The van der Waals surface area contributed by atoms with Crippen molar-refractivity contribution >= 4 is 17.5 Å². The van der Waals surface area contributed by atoms with E-state index >= 15 is 0 Å². The van der Waals surface area contributed by atoms with Crippen molar-refractivity contribution in [3.63, 3.8) is 0 Å². The molecule has 2 N–H and O–H groups in total. The van der Waals surface area contributed by atoms with Crippen LogP contribution in [0.25, 0.3) is 11.1 Å². The summed E-state index contributed by atoms with van der Waals surface area (Å²) in [5, 5.41) is 0.0702. The van der Waals surface area contributed by atoms with Gasteiger partial charge in [-0.25, -0.2) is 19.3 Å². The molecule has 0 aliphatic heterocycles. The van der Waals surface area contributed by atoms with E-state index in [0.717, 1.165) is 11.1 Å². The summed E-state index contributed by atoms with van der Waals surface area (Å²) in [6, 6.07) is 6.48. The van der Waals surface area contributed by atoms with Crippen molar-refractivity contribution < 1.29 is 9.13 Å². The zero-order valence-corrected chi connectivity index (χ0v) is 13.6. The molecular formula is C17H14ClFN4O. The summed E-state index contributed by atoms with van der Waals surface area (Å²) in [6.45, 7) is 0. The molecule has 0 amide bonds. The molecule has 0 aliphatic rings. The van der Waals surface area contributed by atoms with Gasteiger partial charge in [0, 0.05) is 30.6 Å². The van der Waals surface area contributed by atoms with Crippen LogP contribution in [0.4, 0.5) is 10.3 Å². The predicted octanol–water partition coefficient (Wildman–Crippen LogP) is 3.51. The monoisotopic (exact) mass is 344 g/mol. The second-order valence-corrected chi connectivity index (χ2v) is 5.56. The number of benzene rings is 1. The fourth-order valence-electron chi connectivity index (χ4n) is 2.32. The normalized spacial score (nSPS) is 10.6. The van der Waals surface area contributed by atoms with Gasteiger partial charge in [0.25, 0.3) is 0 Å². The van der Waals surface area contributed by atoms with Crippen LogP contribution in [-0.2, 0) is 6.42 Å². The minimum Gasteiger partial charge on any atom is -0.481 e. The Balaban J connectivity index is 1.98. The molecule has 2 aromatic heterocycles. The van der Waals surface area contributed by atoms with Crippen LogP contribution in [0, 0.1) is 5.82 Å². The Morgan fingerprint density at radius 2 is 1.79 bits per heavy atom. The lowest BCUT2D eigenvalue weighted by molar-refractivity contribution is 0.399. The number of rotatable bonds is 4. The van der Waals surface area contributed by atoms with E-state index in [1.54, 1.807) is 24.7 Å². The Kier molecular flexibility index (Phi) is 4.57. The first-order chi connectivity index (χ1) is 11.6. The van der Waals surface area contributed by atoms with Crippen LogP contribution in [0.5, 0.6) is 5.88 Å². The van der Waals surface area contributed by atoms with Gasteiger partial charge in [0.2, 0.25) is 11.8 Å². The minimum atomic E-state index is -0.492. The van der Waals surface area contributed by atoms with Crippen LogP contribution >= 0.6 is 11.6 Å². The van der Waals surface area contributed by atoms with E-state index in [0.29, 0.717) is 23.4 Å². The SMILES string of the molecule is COc1ncc(Cc2cnc(N)nc2)cc1-c1ccc(Cl)c(F)c1. The molecule has 3 rings (SSSR count). The molecule has 0 saturated carbocycles. The number of aromatic nitrogens is 3. The van der Waals surface area contributed by atoms with E-state index in [-0.39, 0.29) is 11.0 Å². The third kappa shape index (κ3) is 3.44. The quantitative estimate of drug-likeness (QED) is 0.784. The molecular weight excluding hydrogens is 331 g/mol. The molecule has 0 fully saturated rings. The molecule has 2 heterocycles. The fraction of sp³-hybridized carbons (Fsp3) is 0.118. The summed E-state index contributed by atoms with van der Waals surface area (Å²) in [4.78, 5) is 12.2. The van der Waals surface area contributed by atoms with Crippen LogP contribution in [0.15, 0.2) is 42.9 Å². The van der Waals surface area contributed by atoms with Crippen molar-refractivity contribution in [2.75, 3.05) is 12.8 Å². The van der Waals surface area contributed by atoms with Gasteiger partial charge in [-0.1, -0.05) is 17.7 Å². The minimum absolute atomic E-state index is 0.0702. The number of methoxy groups -OCH3 is 1. The van der Waals surface area contributed by atoms with Crippen molar-refractivity contribution in [2.45, 2.75) is 6.42 Å². The highest BCUT2D eigenvalue weighted by atomic mass is 35.5. The van der Waals surface area contributed by atoms with E-state index < -0.39 is 5.82 Å². The number of nitrogen functional groups attached to an aromatic ring is 1. The van der Waals surface area contributed by atoms with E-state index in [9.17, 15) is 4.39 Å². The number of ether oxygens (including phenoxy) is 1. The molecule has 1 aromatic carbocycles. The Labute approximate surface area is 143 Å². The molecule has 122 valence electrons. The molecule has 0 saturated heterocycles. The smallest absolute Gasteiger partial charge is 0.221 e. The van der Waals surface area contributed by atoms with E-state index in [2.05, 4.69) is 15.0 Å². The average molecular weight is 345 g/mol. The van der Waals surface area contributed by atoms with Crippen molar-refractivity contribution in [1.82, 2.24) is 15.0 Å². The molecule has 5 nitrogen and oxygen atoms in total. The number of hydrogen-bond donors (Lipinski definition) is 1. The molecule has 0 radical (unpaired) electrons. The fourth-order valence-corrected chi connectivity index (χ4v) is 2.43. The number of hydrogen-bond acceptors (Lipinski definition) is 5.